The molecular formula is C17H22N2O2. The minimum atomic E-state index is -0.0957. The number of carbonyl (C=O) groups excluding carboxylic acids is 1. The summed E-state index contributed by atoms with van der Waals surface area (Å²) in [5.41, 5.74) is 2.28. The molecule has 112 valence electrons. The minimum Gasteiger partial charge on any atom is -0.451 e. The molecule has 0 aliphatic carbocycles. The SMILES string of the molecule is CCc1ccc(-c2ccc(C(=O)N(C)CCNC)o2)cc1. The molecule has 0 saturated heterocycles. The van der Waals surface area contributed by atoms with Crippen LogP contribution in [0.1, 0.15) is 23.0 Å². The lowest BCUT2D eigenvalue weighted by molar-refractivity contribution is 0.0766. The van der Waals surface area contributed by atoms with E-state index < -0.39 is 0 Å². The van der Waals surface area contributed by atoms with Crippen molar-refractivity contribution in [1.29, 1.82) is 0 Å². The number of amides is 1. The molecule has 0 atom stereocenters. The molecule has 0 radical (unpaired) electrons. The molecule has 1 heterocycles. The Labute approximate surface area is 125 Å². The summed E-state index contributed by atoms with van der Waals surface area (Å²) >= 11 is 0. The van der Waals surface area contributed by atoms with Crippen molar-refractivity contribution in [2.75, 3.05) is 27.2 Å². The van der Waals surface area contributed by atoms with Crippen LogP contribution in [0.4, 0.5) is 0 Å². The number of aryl methyl sites for hydroxylation is 1. The first-order chi connectivity index (χ1) is 10.2. The van der Waals surface area contributed by atoms with Crippen molar-refractivity contribution in [3.63, 3.8) is 0 Å². The van der Waals surface area contributed by atoms with E-state index in [1.54, 1.807) is 18.0 Å². The average Bonchev–Trinajstić information content (AvgIpc) is 3.01. The predicted octanol–water partition coefficient (Wildman–Crippen LogP) is 2.80. The molecule has 21 heavy (non-hydrogen) atoms. The van der Waals surface area contributed by atoms with Gasteiger partial charge >= 0.3 is 0 Å². The van der Waals surface area contributed by atoms with Crippen molar-refractivity contribution >= 4 is 5.91 Å². The monoisotopic (exact) mass is 286 g/mol. The van der Waals surface area contributed by atoms with Crippen molar-refractivity contribution in [2.24, 2.45) is 0 Å². The molecule has 0 saturated carbocycles. The van der Waals surface area contributed by atoms with Crippen LogP contribution in [0.5, 0.6) is 0 Å². The summed E-state index contributed by atoms with van der Waals surface area (Å²) < 4.78 is 5.69. The molecule has 0 aliphatic heterocycles. The summed E-state index contributed by atoms with van der Waals surface area (Å²) in [5, 5.41) is 3.02. The van der Waals surface area contributed by atoms with E-state index in [0.29, 0.717) is 12.3 Å². The second kappa shape index (κ2) is 7.09. The molecule has 2 aromatic rings. The Hall–Kier alpha value is -2.07. The summed E-state index contributed by atoms with van der Waals surface area (Å²) in [4.78, 5) is 13.9. The highest BCUT2D eigenvalue weighted by molar-refractivity contribution is 5.91. The first-order valence-electron chi connectivity index (χ1n) is 7.25. The lowest BCUT2D eigenvalue weighted by atomic mass is 10.1. The summed E-state index contributed by atoms with van der Waals surface area (Å²) in [6.07, 6.45) is 1.01. The van der Waals surface area contributed by atoms with Gasteiger partial charge in [0.15, 0.2) is 5.76 Å². The van der Waals surface area contributed by atoms with Gasteiger partial charge in [0.1, 0.15) is 5.76 Å². The Balaban J connectivity index is 2.11. The van der Waals surface area contributed by atoms with E-state index in [1.165, 1.54) is 5.56 Å². The molecule has 2 rings (SSSR count). The normalized spacial score (nSPS) is 10.6. The van der Waals surface area contributed by atoms with E-state index in [2.05, 4.69) is 24.4 Å². The summed E-state index contributed by atoms with van der Waals surface area (Å²) in [7, 11) is 3.64. The van der Waals surface area contributed by atoms with E-state index in [4.69, 9.17) is 4.42 Å². The van der Waals surface area contributed by atoms with Gasteiger partial charge in [0, 0.05) is 25.7 Å². The van der Waals surface area contributed by atoms with Crippen LogP contribution >= 0.6 is 0 Å². The molecule has 0 spiro atoms. The number of nitrogens with one attached hydrogen (secondary N) is 1. The van der Waals surface area contributed by atoms with Crippen molar-refractivity contribution in [3.05, 3.63) is 47.7 Å². The Morgan fingerprint density at radius 2 is 1.90 bits per heavy atom. The quantitative estimate of drug-likeness (QED) is 0.888. The second-order valence-corrected chi connectivity index (χ2v) is 5.04. The zero-order valence-corrected chi connectivity index (χ0v) is 12.8. The smallest absolute Gasteiger partial charge is 0.289 e. The third-order valence-corrected chi connectivity index (χ3v) is 3.51. The van der Waals surface area contributed by atoms with Crippen LogP contribution in [0.25, 0.3) is 11.3 Å². The Bertz CT molecular complexity index is 587. The highest BCUT2D eigenvalue weighted by Crippen LogP contribution is 2.23. The van der Waals surface area contributed by atoms with Gasteiger partial charge in [0.25, 0.3) is 5.91 Å². The fraction of sp³-hybridized carbons (Fsp3) is 0.353. The summed E-state index contributed by atoms with van der Waals surface area (Å²) in [5.74, 6) is 1.01. The van der Waals surface area contributed by atoms with Crippen LogP contribution in [-0.2, 0) is 6.42 Å². The molecule has 4 nitrogen and oxygen atoms in total. The largest absolute Gasteiger partial charge is 0.451 e. The third kappa shape index (κ3) is 3.73. The van der Waals surface area contributed by atoms with Gasteiger partial charge in [-0.15, -0.1) is 0 Å². The topological polar surface area (TPSA) is 45.5 Å². The number of hydrogen-bond donors (Lipinski definition) is 1. The number of benzene rings is 1. The number of furan rings is 1. The van der Waals surface area contributed by atoms with E-state index in [9.17, 15) is 4.79 Å². The standard InChI is InChI=1S/C17H22N2O2/c1-4-13-5-7-14(8-6-13)15-9-10-16(21-15)17(20)19(3)12-11-18-2/h5-10,18H,4,11-12H2,1-3H3. The Kier molecular flexibility index (Phi) is 5.17. The third-order valence-electron chi connectivity index (χ3n) is 3.51. The number of nitrogens with zero attached hydrogens (tertiary/aromatic N) is 1. The van der Waals surface area contributed by atoms with Crippen LogP contribution < -0.4 is 5.32 Å². The number of hydrogen-bond acceptors (Lipinski definition) is 3. The van der Waals surface area contributed by atoms with Crippen molar-refractivity contribution in [1.82, 2.24) is 10.2 Å². The molecule has 1 aromatic heterocycles. The van der Waals surface area contributed by atoms with Crippen LogP contribution in [-0.4, -0.2) is 38.0 Å². The van der Waals surface area contributed by atoms with Crippen LogP contribution in [0.2, 0.25) is 0 Å². The molecule has 1 N–H and O–H groups in total. The number of carbonyl (C=O) groups is 1. The predicted molar refractivity (Wildman–Crippen MR) is 84.4 cm³/mol. The molecule has 0 aliphatic rings. The molecule has 1 aromatic carbocycles. The maximum atomic E-state index is 12.2. The zero-order valence-electron chi connectivity index (χ0n) is 12.8. The molecule has 4 heteroatoms. The Morgan fingerprint density at radius 3 is 2.52 bits per heavy atom. The number of rotatable bonds is 6. The van der Waals surface area contributed by atoms with Gasteiger partial charge in [0.05, 0.1) is 0 Å². The van der Waals surface area contributed by atoms with Gasteiger partial charge in [-0.1, -0.05) is 31.2 Å². The fourth-order valence-electron chi connectivity index (χ4n) is 2.08. The van der Waals surface area contributed by atoms with Crippen molar-refractivity contribution in [3.8, 4) is 11.3 Å². The molecule has 0 unspecified atom stereocenters. The number of likely N-dealkylation sites (N-methyl/N-ethyl adjacent to an activating group) is 2. The van der Waals surface area contributed by atoms with E-state index in [-0.39, 0.29) is 5.91 Å². The van der Waals surface area contributed by atoms with E-state index in [1.807, 2.05) is 25.2 Å². The van der Waals surface area contributed by atoms with E-state index >= 15 is 0 Å². The highest BCUT2D eigenvalue weighted by atomic mass is 16.4. The lowest BCUT2D eigenvalue weighted by Gasteiger charge is -2.14. The van der Waals surface area contributed by atoms with Crippen LogP contribution in [0, 0.1) is 0 Å². The fourth-order valence-corrected chi connectivity index (χ4v) is 2.08. The molecular weight excluding hydrogens is 264 g/mol. The van der Waals surface area contributed by atoms with Gasteiger partial charge in [-0.05, 0) is 31.2 Å². The lowest BCUT2D eigenvalue weighted by Crippen LogP contribution is -2.32. The molecule has 0 bridgehead atoms. The van der Waals surface area contributed by atoms with Crippen molar-refractivity contribution < 1.29 is 9.21 Å². The first-order valence-corrected chi connectivity index (χ1v) is 7.25. The second-order valence-electron chi connectivity index (χ2n) is 5.04. The average molecular weight is 286 g/mol. The van der Waals surface area contributed by atoms with Gasteiger partial charge < -0.3 is 14.6 Å². The van der Waals surface area contributed by atoms with Crippen molar-refractivity contribution in [2.45, 2.75) is 13.3 Å². The van der Waals surface area contributed by atoms with Gasteiger partial charge in [-0.2, -0.15) is 0 Å². The summed E-state index contributed by atoms with van der Waals surface area (Å²) in [6, 6.07) is 11.8. The zero-order chi connectivity index (χ0) is 15.2. The highest BCUT2D eigenvalue weighted by Gasteiger charge is 2.16. The maximum Gasteiger partial charge on any atom is 0.289 e. The maximum absolute atomic E-state index is 12.2. The summed E-state index contributed by atoms with van der Waals surface area (Å²) in [6.45, 7) is 3.53. The van der Waals surface area contributed by atoms with Gasteiger partial charge in [-0.25, -0.2) is 0 Å². The Morgan fingerprint density at radius 1 is 1.19 bits per heavy atom. The van der Waals surface area contributed by atoms with Gasteiger partial charge in [-0.3, -0.25) is 4.79 Å². The first kappa shape index (κ1) is 15.3. The van der Waals surface area contributed by atoms with Crippen LogP contribution in [0.15, 0.2) is 40.8 Å². The van der Waals surface area contributed by atoms with Crippen LogP contribution in [0.3, 0.4) is 0 Å². The van der Waals surface area contributed by atoms with Gasteiger partial charge in [0.2, 0.25) is 0 Å². The van der Waals surface area contributed by atoms with E-state index in [0.717, 1.165) is 24.3 Å². The molecule has 0 fully saturated rings. The molecule has 1 amide bonds. The minimum absolute atomic E-state index is 0.0957.